The minimum Gasteiger partial charge on any atom is -0.381 e. The number of amides is 1. The highest BCUT2D eigenvalue weighted by atomic mass is 79.9. The van der Waals surface area contributed by atoms with E-state index in [1.54, 1.807) is 17.8 Å². The molecule has 0 heterocycles. The van der Waals surface area contributed by atoms with E-state index in [1.165, 1.54) is 0 Å². The molecule has 0 saturated heterocycles. The van der Waals surface area contributed by atoms with Crippen molar-refractivity contribution < 1.29 is 9.53 Å². The SMILES string of the molecule is CSc1ccc(Cl)c(C(=O)NCCCOCCBr)c1. The van der Waals surface area contributed by atoms with Crippen molar-refractivity contribution >= 4 is 45.2 Å². The van der Waals surface area contributed by atoms with Gasteiger partial charge in [0.2, 0.25) is 0 Å². The summed E-state index contributed by atoms with van der Waals surface area (Å²) in [6, 6.07) is 5.46. The van der Waals surface area contributed by atoms with Crippen LogP contribution in [-0.4, -0.2) is 37.3 Å². The van der Waals surface area contributed by atoms with E-state index in [9.17, 15) is 4.79 Å². The third kappa shape index (κ3) is 6.17. The van der Waals surface area contributed by atoms with Crippen molar-refractivity contribution in [3.05, 3.63) is 28.8 Å². The molecule has 106 valence electrons. The second-order valence-electron chi connectivity index (χ2n) is 3.76. The van der Waals surface area contributed by atoms with Gasteiger partial charge in [0.1, 0.15) is 0 Å². The van der Waals surface area contributed by atoms with Crippen molar-refractivity contribution in [3.8, 4) is 0 Å². The Morgan fingerprint density at radius 1 is 1.47 bits per heavy atom. The number of benzene rings is 1. The van der Waals surface area contributed by atoms with Gasteiger partial charge in [0.15, 0.2) is 0 Å². The Morgan fingerprint density at radius 3 is 2.95 bits per heavy atom. The van der Waals surface area contributed by atoms with Gasteiger partial charge in [-0.3, -0.25) is 4.79 Å². The first-order valence-corrected chi connectivity index (χ1v) is 8.67. The van der Waals surface area contributed by atoms with Crippen molar-refractivity contribution in [2.75, 3.05) is 31.3 Å². The molecule has 0 aromatic heterocycles. The first-order chi connectivity index (χ1) is 9.19. The van der Waals surface area contributed by atoms with E-state index in [-0.39, 0.29) is 5.91 Å². The Balaban J connectivity index is 2.40. The van der Waals surface area contributed by atoms with Gasteiger partial charge < -0.3 is 10.1 Å². The smallest absolute Gasteiger partial charge is 0.252 e. The lowest BCUT2D eigenvalue weighted by molar-refractivity contribution is 0.0944. The van der Waals surface area contributed by atoms with Crippen LogP contribution in [0.15, 0.2) is 23.1 Å². The van der Waals surface area contributed by atoms with Crippen molar-refractivity contribution in [1.29, 1.82) is 0 Å². The average molecular weight is 367 g/mol. The molecule has 0 atom stereocenters. The molecule has 0 saturated carbocycles. The Hall–Kier alpha value is -0.230. The molecule has 6 heteroatoms. The normalized spacial score (nSPS) is 10.5. The standard InChI is InChI=1S/C13H17BrClNO2S/c1-19-10-3-4-12(15)11(9-10)13(17)16-6-2-7-18-8-5-14/h3-4,9H,2,5-8H2,1H3,(H,16,17). The molecule has 0 spiro atoms. The molecule has 1 N–H and O–H groups in total. The Kier molecular flexibility index (Phi) is 8.53. The zero-order valence-electron chi connectivity index (χ0n) is 10.7. The van der Waals surface area contributed by atoms with Gasteiger partial charge in [-0.2, -0.15) is 0 Å². The third-order valence-corrected chi connectivity index (χ3v) is 3.77. The highest BCUT2D eigenvalue weighted by molar-refractivity contribution is 9.09. The lowest BCUT2D eigenvalue weighted by Crippen LogP contribution is -2.25. The van der Waals surface area contributed by atoms with Gasteiger partial charge in [0.05, 0.1) is 17.2 Å². The maximum absolute atomic E-state index is 12.0. The second kappa shape index (κ2) is 9.64. The summed E-state index contributed by atoms with van der Waals surface area (Å²) in [4.78, 5) is 13.0. The topological polar surface area (TPSA) is 38.3 Å². The second-order valence-corrected chi connectivity index (χ2v) is 5.84. The zero-order valence-corrected chi connectivity index (χ0v) is 13.9. The monoisotopic (exact) mass is 365 g/mol. The van der Waals surface area contributed by atoms with Crippen LogP contribution in [0.3, 0.4) is 0 Å². The predicted molar refractivity (Wildman–Crippen MR) is 84.8 cm³/mol. The van der Waals surface area contributed by atoms with Crippen molar-refractivity contribution in [2.24, 2.45) is 0 Å². The van der Waals surface area contributed by atoms with Crippen LogP contribution in [0.5, 0.6) is 0 Å². The van der Waals surface area contributed by atoms with Crippen LogP contribution in [0, 0.1) is 0 Å². The van der Waals surface area contributed by atoms with Gasteiger partial charge in [-0.25, -0.2) is 0 Å². The highest BCUT2D eigenvalue weighted by Crippen LogP contribution is 2.22. The predicted octanol–water partition coefficient (Wildman–Crippen LogP) is 3.59. The van der Waals surface area contributed by atoms with Gasteiger partial charge >= 0.3 is 0 Å². The maximum Gasteiger partial charge on any atom is 0.252 e. The molecule has 0 unspecified atom stereocenters. The minimum absolute atomic E-state index is 0.138. The minimum atomic E-state index is -0.138. The number of nitrogens with one attached hydrogen (secondary N) is 1. The Morgan fingerprint density at radius 2 is 2.26 bits per heavy atom. The van der Waals surface area contributed by atoms with Gasteiger partial charge in [-0.15, -0.1) is 11.8 Å². The van der Waals surface area contributed by atoms with E-state index < -0.39 is 0 Å². The number of carbonyl (C=O) groups is 1. The fraction of sp³-hybridized carbons (Fsp3) is 0.462. The largest absolute Gasteiger partial charge is 0.381 e. The molecule has 0 fully saturated rings. The molecule has 1 aromatic rings. The van der Waals surface area contributed by atoms with Gasteiger partial charge in [0.25, 0.3) is 5.91 Å². The number of hydrogen-bond acceptors (Lipinski definition) is 3. The summed E-state index contributed by atoms with van der Waals surface area (Å²) in [7, 11) is 0. The summed E-state index contributed by atoms with van der Waals surface area (Å²) in [5.74, 6) is -0.138. The average Bonchev–Trinajstić information content (AvgIpc) is 2.43. The van der Waals surface area contributed by atoms with Gasteiger partial charge in [-0.1, -0.05) is 27.5 Å². The summed E-state index contributed by atoms with van der Waals surface area (Å²) in [5, 5.41) is 4.15. The molecule has 0 bridgehead atoms. The molecule has 0 aliphatic rings. The fourth-order valence-corrected chi connectivity index (χ4v) is 2.31. The van der Waals surface area contributed by atoms with Gasteiger partial charge in [-0.05, 0) is 30.9 Å². The van der Waals surface area contributed by atoms with Crippen molar-refractivity contribution in [2.45, 2.75) is 11.3 Å². The number of halogens is 2. The number of carbonyl (C=O) groups excluding carboxylic acids is 1. The molecule has 0 aliphatic heterocycles. The summed E-state index contributed by atoms with van der Waals surface area (Å²) in [6.45, 7) is 1.92. The van der Waals surface area contributed by atoms with Crippen LogP contribution < -0.4 is 5.32 Å². The molecular formula is C13H17BrClNO2S. The fourth-order valence-electron chi connectivity index (χ4n) is 1.43. The van der Waals surface area contributed by atoms with Crippen LogP contribution in [0.1, 0.15) is 16.8 Å². The number of rotatable bonds is 8. The zero-order chi connectivity index (χ0) is 14.1. The van der Waals surface area contributed by atoms with Crippen LogP contribution in [-0.2, 0) is 4.74 Å². The van der Waals surface area contributed by atoms with Crippen LogP contribution in [0.4, 0.5) is 0 Å². The summed E-state index contributed by atoms with van der Waals surface area (Å²) < 4.78 is 5.30. The van der Waals surface area contributed by atoms with E-state index in [4.69, 9.17) is 16.3 Å². The number of hydrogen-bond donors (Lipinski definition) is 1. The summed E-state index contributed by atoms with van der Waals surface area (Å²) in [6.07, 6.45) is 2.75. The van der Waals surface area contributed by atoms with Crippen molar-refractivity contribution in [1.82, 2.24) is 5.32 Å². The molecule has 19 heavy (non-hydrogen) atoms. The first-order valence-electron chi connectivity index (χ1n) is 5.94. The van der Waals surface area contributed by atoms with Crippen molar-refractivity contribution in [3.63, 3.8) is 0 Å². The number of alkyl halides is 1. The van der Waals surface area contributed by atoms with Crippen LogP contribution >= 0.6 is 39.3 Å². The van der Waals surface area contributed by atoms with E-state index in [2.05, 4.69) is 21.2 Å². The van der Waals surface area contributed by atoms with E-state index in [1.807, 2.05) is 18.4 Å². The number of thioether (sulfide) groups is 1. The van der Waals surface area contributed by atoms with Gasteiger partial charge in [0, 0.05) is 23.4 Å². The molecular weight excluding hydrogens is 350 g/mol. The third-order valence-electron chi connectivity index (χ3n) is 2.39. The molecule has 1 aromatic carbocycles. The molecule has 1 rings (SSSR count). The number of ether oxygens (including phenoxy) is 1. The lowest BCUT2D eigenvalue weighted by Gasteiger charge is -2.08. The molecule has 0 aliphatic carbocycles. The summed E-state index contributed by atoms with van der Waals surface area (Å²) >= 11 is 10.9. The van der Waals surface area contributed by atoms with E-state index in [0.29, 0.717) is 30.3 Å². The molecule has 0 radical (unpaired) electrons. The Bertz CT molecular complexity index is 418. The van der Waals surface area contributed by atoms with E-state index in [0.717, 1.165) is 16.6 Å². The first kappa shape index (κ1) is 16.8. The van der Waals surface area contributed by atoms with Crippen LogP contribution in [0.25, 0.3) is 0 Å². The van der Waals surface area contributed by atoms with Crippen LogP contribution in [0.2, 0.25) is 5.02 Å². The molecule has 3 nitrogen and oxygen atoms in total. The summed E-state index contributed by atoms with van der Waals surface area (Å²) in [5.41, 5.74) is 0.523. The Labute approximate surface area is 131 Å². The lowest BCUT2D eigenvalue weighted by atomic mass is 10.2. The van der Waals surface area contributed by atoms with E-state index >= 15 is 0 Å². The quantitative estimate of drug-likeness (QED) is 0.434. The molecule has 1 amide bonds. The maximum atomic E-state index is 12.0. The highest BCUT2D eigenvalue weighted by Gasteiger charge is 2.10.